The van der Waals surface area contributed by atoms with Crippen LogP contribution < -0.4 is 5.32 Å². The van der Waals surface area contributed by atoms with Gasteiger partial charge in [-0.15, -0.1) is 11.6 Å². The number of nitrogens with one attached hydrogen (secondary N) is 1. The van der Waals surface area contributed by atoms with Gasteiger partial charge in [0.25, 0.3) is 11.6 Å². The molecule has 0 aliphatic carbocycles. The van der Waals surface area contributed by atoms with Crippen molar-refractivity contribution in [2.75, 3.05) is 19.6 Å². The molecule has 1 aromatic carbocycles. The Hall–Kier alpha value is -1.66. The summed E-state index contributed by atoms with van der Waals surface area (Å²) in [5, 5.41) is 13.5. The molecule has 1 amide bonds. The maximum absolute atomic E-state index is 12.0. The van der Waals surface area contributed by atoms with Gasteiger partial charge < -0.3 is 10.1 Å². The van der Waals surface area contributed by atoms with Crippen molar-refractivity contribution >= 4 is 23.2 Å². The van der Waals surface area contributed by atoms with Gasteiger partial charge >= 0.3 is 0 Å². The molecule has 0 saturated heterocycles. The molecule has 0 aliphatic rings. The number of halogens is 1. The van der Waals surface area contributed by atoms with E-state index in [1.807, 2.05) is 0 Å². The number of nitrogens with zero attached hydrogens (tertiary/aromatic N) is 1. The molecule has 0 spiro atoms. The number of amides is 1. The Labute approximate surface area is 115 Å². The second-order valence-corrected chi connectivity index (χ2v) is 4.37. The molecule has 19 heavy (non-hydrogen) atoms. The molecule has 7 heteroatoms. The van der Waals surface area contributed by atoms with E-state index in [1.54, 1.807) is 13.0 Å². The Morgan fingerprint density at radius 3 is 2.79 bits per heavy atom. The van der Waals surface area contributed by atoms with E-state index in [4.69, 9.17) is 16.3 Å². The summed E-state index contributed by atoms with van der Waals surface area (Å²) in [6, 6.07) is 3.99. The summed E-state index contributed by atoms with van der Waals surface area (Å²) in [7, 11) is 1.49. The molecule has 0 aliphatic heterocycles. The number of rotatable bonds is 6. The molecule has 0 heterocycles. The fraction of sp³-hybridized carbons (Fsp3) is 0.417. The number of carbonyl (C=O) groups excluding carboxylic acids is 1. The predicted octanol–water partition coefficient (Wildman–Crippen LogP) is 1.89. The number of alkyl halides is 1. The van der Waals surface area contributed by atoms with Crippen LogP contribution in [0, 0.1) is 17.0 Å². The van der Waals surface area contributed by atoms with Crippen LogP contribution >= 0.6 is 11.6 Å². The summed E-state index contributed by atoms with van der Waals surface area (Å²) in [6.07, 6.45) is 0. The van der Waals surface area contributed by atoms with Crippen molar-refractivity contribution in [2.45, 2.75) is 13.0 Å². The second-order valence-electron chi connectivity index (χ2n) is 4.06. The number of carbonyl (C=O) groups is 1. The van der Waals surface area contributed by atoms with Crippen molar-refractivity contribution in [3.8, 4) is 0 Å². The third kappa shape index (κ3) is 4.18. The smallest absolute Gasteiger partial charge is 0.282 e. The highest BCUT2D eigenvalue weighted by molar-refractivity contribution is 6.18. The van der Waals surface area contributed by atoms with Crippen LogP contribution in [0.5, 0.6) is 0 Å². The Kier molecular flexibility index (Phi) is 5.72. The molecule has 1 N–H and O–H groups in total. The molecule has 0 radical (unpaired) electrons. The van der Waals surface area contributed by atoms with Crippen LogP contribution in [0.3, 0.4) is 0 Å². The molecule has 0 saturated carbocycles. The summed E-state index contributed by atoms with van der Waals surface area (Å²) in [6.45, 7) is 2.00. The summed E-state index contributed by atoms with van der Waals surface area (Å²) in [4.78, 5) is 22.3. The van der Waals surface area contributed by atoms with Crippen molar-refractivity contribution in [1.82, 2.24) is 5.32 Å². The predicted molar refractivity (Wildman–Crippen MR) is 71.7 cm³/mol. The molecular formula is C12H15ClN2O4. The number of hydrogen-bond acceptors (Lipinski definition) is 4. The first-order valence-corrected chi connectivity index (χ1v) is 6.13. The molecule has 0 fully saturated rings. The molecule has 1 rings (SSSR count). The van der Waals surface area contributed by atoms with Gasteiger partial charge in [-0.2, -0.15) is 0 Å². The molecule has 1 atom stereocenters. The topological polar surface area (TPSA) is 81.5 Å². The van der Waals surface area contributed by atoms with E-state index in [-0.39, 0.29) is 29.8 Å². The lowest BCUT2D eigenvalue weighted by molar-refractivity contribution is -0.385. The van der Waals surface area contributed by atoms with Gasteiger partial charge in [0.1, 0.15) is 5.56 Å². The van der Waals surface area contributed by atoms with E-state index in [2.05, 4.69) is 5.32 Å². The van der Waals surface area contributed by atoms with Gasteiger partial charge in [0.2, 0.25) is 0 Å². The maximum Gasteiger partial charge on any atom is 0.282 e. The minimum absolute atomic E-state index is 0.0243. The van der Waals surface area contributed by atoms with E-state index in [0.29, 0.717) is 0 Å². The van der Waals surface area contributed by atoms with E-state index >= 15 is 0 Å². The zero-order chi connectivity index (χ0) is 14.4. The molecule has 1 aromatic rings. The van der Waals surface area contributed by atoms with Gasteiger partial charge in [-0.1, -0.05) is 6.07 Å². The number of nitro benzene ring substituents is 1. The lowest BCUT2D eigenvalue weighted by Gasteiger charge is -2.15. The van der Waals surface area contributed by atoms with Crippen LogP contribution in [-0.4, -0.2) is 36.5 Å². The summed E-state index contributed by atoms with van der Waals surface area (Å²) in [5.74, 6) is -0.364. The van der Waals surface area contributed by atoms with Crippen LogP contribution in [0.2, 0.25) is 0 Å². The highest BCUT2D eigenvalue weighted by atomic mass is 35.5. The van der Waals surface area contributed by atoms with Crippen LogP contribution in [0.25, 0.3) is 0 Å². The van der Waals surface area contributed by atoms with Crippen molar-refractivity contribution in [2.24, 2.45) is 0 Å². The van der Waals surface area contributed by atoms with Gasteiger partial charge in [0, 0.05) is 19.1 Å². The summed E-state index contributed by atoms with van der Waals surface area (Å²) < 4.78 is 4.90. The zero-order valence-electron chi connectivity index (χ0n) is 10.7. The van der Waals surface area contributed by atoms with Crippen LogP contribution in [0.4, 0.5) is 5.69 Å². The first-order valence-electron chi connectivity index (χ1n) is 5.60. The van der Waals surface area contributed by atoms with Crippen molar-refractivity contribution in [1.29, 1.82) is 0 Å². The third-order valence-corrected chi connectivity index (χ3v) is 2.86. The fourth-order valence-electron chi connectivity index (χ4n) is 1.58. The van der Waals surface area contributed by atoms with E-state index in [1.165, 1.54) is 19.2 Å². The van der Waals surface area contributed by atoms with Crippen LogP contribution in [0.1, 0.15) is 15.9 Å². The van der Waals surface area contributed by atoms with Gasteiger partial charge in [-0.3, -0.25) is 14.9 Å². The van der Waals surface area contributed by atoms with E-state index in [9.17, 15) is 14.9 Å². The van der Waals surface area contributed by atoms with Gasteiger partial charge in [0.05, 0.1) is 17.6 Å². The van der Waals surface area contributed by atoms with Crippen LogP contribution in [0.15, 0.2) is 18.2 Å². The quantitative estimate of drug-likeness (QED) is 0.492. The highest BCUT2D eigenvalue weighted by Gasteiger charge is 2.22. The first kappa shape index (κ1) is 15.4. The molecular weight excluding hydrogens is 272 g/mol. The lowest BCUT2D eigenvalue weighted by Crippen LogP contribution is -2.39. The monoisotopic (exact) mass is 286 g/mol. The third-order valence-electron chi connectivity index (χ3n) is 2.48. The normalized spacial score (nSPS) is 11.9. The first-order chi connectivity index (χ1) is 8.99. The highest BCUT2D eigenvalue weighted by Crippen LogP contribution is 2.19. The van der Waals surface area contributed by atoms with Crippen molar-refractivity contribution in [3.63, 3.8) is 0 Å². The number of hydrogen-bond donors (Lipinski definition) is 1. The number of ether oxygens (including phenoxy) is 1. The standard InChI is InChI=1S/C12H15ClN2O4/c1-8-3-4-11(15(17)18)10(5-8)12(16)14-9(6-13)7-19-2/h3-5,9H,6-7H2,1-2H3,(H,14,16). The summed E-state index contributed by atoms with van der Waals surface area (Å²) in [5.41, 5.74) is 0.565. The average molecular weight is 287 g/mol. The van der Waals surface area contributed by atoms with Crippen molar-refractivity contribution < 1.29 is 14.5 Å². The minimum Gasteiger partial charge on any atom is -0.383 e. The minimum atomic E-state index is -0.583. The second kappa shape index (κ2) is 7.06. The van der Waals surface area contributed by atoms with E-state index < -0.39 is 10.8 Å². The van der Waals surface area contributed by atoms with Gasteiger partial charge in [-0.25, -0.2) is 0 Å². The van der Waals surface area contributed by atoms with Gasteiger partial charge in [0.15, 0.2) is 0 Å². The molecule has 104 valence electrons. The Morgan fingerprint density at radius 1 is 1.58 bits per heavy atom. The van der Waals surface area contributed by atoms with Crippen LogP contribution in [-0.2, 0) is 4.74 Å². The Balaban J connectivity index is 2.98. The fourth-order valence-corrected chi connectivity index (χ4v) is 1.75. The number of benzene rings is 1. The molecule has 0 bridgehead atoms. The lowest BCUT2D eigenvalue weighted by atomic mass is 10.1. The SMILES string of the molecule is COCC(CCl)NC(=O)c1cc(C)ccc1[N+](=O)[O-]. The maximum atomic E-state index is 12.0. The molecule has 0 aromatic heterocycles. The largest absolute Gasteiger partial charge is 0.383 e. The van der Waals surface area contributed by atoms with Crippen molar-refractivity contribution in [3.05, 3.63) is 39.4 Å². The number of methoxy groups -OCH3 is 1. The summed E-state index contributed by atoms with van der Waals surface area (Å²) >= 11 is 5.68. The zero-order valence-corrected chi connectivity index (χ0v) is 11.4. The number of aryl methyl sites for hydroxylation is 1. The Bertz CT molecular complexity index is 479. The average Bonchev–Trinajstić information content (AvgIpc) is 2.37. The number of nitro groups is 1. The molecule has 6 nitrogen and oxygen atoms in total. The van der Waals surface area contributed by atoms with Gasteiger partial charge in [-0.05, 0) is 18.6 Å². The van der Waals surface area contributed by atoms with E-state index in [0.717, 1.165) is 5.56 Å². The molecule has 1 unspecified atom stereocenters. The Morgan fingerprint density at radius 2 is 2.26 bits per heavy atom.